The van der Waals surface area contributed by atoms with Gasteiger partial charge in [-0.05, 0) is 56.2 Å². The lowest BCUT2D eigenvalue weighted by molar-refractivity contribution is 0.188. The number of aromatic nitrogens is 2. The van der Waals surface area contributed by atoms with Crippen LogP contribution in [0.2, 0.25) is 0 Å². The van der Waals surface area contributed by atoms with Gasteiger partial charge in [-0.3, -0.25) is 0 Å². The highest BCUT2D eigenvalue weighted by atomic mass is 32.1. The van der Waals surface area contributed by atoms with Crippen LogP contribution in [0.3, 0.4) is 0 Å². The molecule has 0 amide bonds. The average Bonchev–Trinajstić information content (AvgIpc) is 3.35. The molecular formula is C26H30N4O4S. The van der Waals surface area contributed by atoms with Gasteiger partial charge in [-0.1, -0.05) is 35.0 Å². The number of nitrogens with one attached hydrogen (secondary N) is 1. The zero-order valence-corrected chi connectivity index (χ0v) is 21.4. The maximum Gasteiger partial charge on any atom is 0.258 e. The molecule has 1 N–H and O–H groups in total. The van der Waals surface area contributed by atoms with E-state index in [1.165, 1.54) is 0 Å². The van der Waals surface area contributed by atoms with E-state index in [0.29, 0.717) is 41.5 Å². The fourth-order valence-electron chi connectivity index (χ4n) is 4.21. The highest BCUT2D eigenvalue weighted by Crippen LogP contribution is 2.40. The predicted molar refractivity (Wildman–Crippen MR) is 138 cm³/mol. The van der Waals surface area contributed by atoms with Gasteiger partial charge in [0, 0.05) is 31.5 Å². The Hall–Kier alpha value is -3.43. The van der Waals surface area contributed by atoms with Gasteiger partial charge in [-0.25, -0.2) is 0 Å². The monoisotopic (exact) mass is 494 g/mol. The number of methoxy groups -OCH3 is 3. The molecule has 184 valence electrons. The Labute approximate surface area is 210 Å². The number of aryl methyl sites for hydroxylation is 1. The number of thiocarbonyl (C=S) groups is 1. The molecule has 1 atom stereocenters. The quantitative estimate of drug-likeness (QED) is 0.334. The molecular weight excluding hydrogens is 464 g/mol. The maximum absolute atomic E-state index is 5.82. The Kier molecular flexibility index (Phi) is 7.67. The van der Waals surface area contributed by atoms with Crippen LogP contribution >= 0.6 is 12.2 Å². The standard InChI is InChI=1S/C26H30N4O4S/c1-16-8-6-9-19(14-16)24-28-25(34-29-24)22-17(2)30(12-7-13-31-3)26(35)27-23(22)18-10-11-20(32-4)21(15-18)33-5/h6,8-11,14-15,23H,7,12-13H2,1-5H3,(H,27,35). The minimum atomic E-state index is -0.313. The molecule has 8 nitrogen and oxygen atoms in total. The summed E-state index contributed by atoms with van der Waals surface area (Å²) in [7, 11) is 4.93. The number of nitrogens with zero attached hydrogens (tertiary/aromatic N) is 3. The maximum atomic E-state index is 5.82. The van der Waals surface area contributed by atoms with Gasteiger partial charge in [0.2, 0.25) is 5.82 Å². The molecule has 0 saturated carbocycles. The van der Waals surface area contributed by atoms with Gasteiger partial charge in [0.1, 0.15) is 0 Å². The van der Waals surface area contributed by atoms with E-state index in [0.717, 1.165) is 34.4 Å². The molecule has 35 heavy (non-hydrogen) atoms. The van der Waals surface area contributed by atoms with E-state index in [4.69, 9.17) is 35.9 Å². The molecule has 0 radical (unpaired) electrons. The predicted octanol–water partition coefficient (Wildman–Crippen LogP) is 4.76. The molecule has 1 aliphatic heterocycles. The van der Waals surface area contributed by atoms with Crippen molar-refractivity contribution in [2.75, 3.05) is 34.5 Å². The van der Waals surface area contributed by atoms with Crippen molar-refractivity contribution in [2.24, 2.45) is 0 Å². The molecule has 9 heteroatoms. The SMILES string of the molecule is COCCCN1C(=S)NC(c2ccc(OC)c(OC)c2)C(c2nc(-c3cccc(C)c3)no2)=C1C. The van der Waals surface area contributed by atoms with E-state index in [2.05, 4.69) is 15.4 Å². The van der Waals surface area contributed by atoms with Crippen molar-refractivity contribution in [1.82, 2.24) is 20.4 Å². The average molecular weight is 495 g/mol. The molecule has 0 spiro atoms. The normalized spacial score (nSPS) is 15.9. The van der Waals surface area contributed by atoms with Crippen molar-refractivity contribution in [1.29, 1.82) is 0 Å². The fourth-order valence-corrected chi connectivity index (χ4v) is 4.56. The largest absolute Gasteiger partial charge is 0.493 e. The van der Waals surface area contributed by atoms with Crippen LogP contribution in [0.5, 0.6) is 11.5 Å². The highest BCUT2D eigenvalue weighted by molar-refractivity contribution is 7.80. The van der Waals surface area contributed by atoms with Crippen LogP contribution in [0.25, 0.3) is 17.0 Å². The van der Waals surface area contributed by atoms with E-state index in [-0.39, 0.29) is 6.04 Å². The van der Waals surface area contributed by atoms with Crippen LogP contribution in [0.1, 0.15) is 36.4 Å². The fraction of sp³-hybridized carbons (Fsp3) is 0.346. The number of hydrogen-bond donors (Lipinski definition) is 1. The van der Waals surface area contributed by atoms with E-state index in [1.54, 1.807) is 21.3 Å². The van der Waals surface area contributed by atoms with Crippen molar-refractivity contribution in [3.8, 4) is 22.9 Å². The van der Waals surface area contributed by atoms with Crippen LogP contribution in [0, 0.1) is 6.92 Å². The number of rotatable bonds is 9. The van der Waals surface area contributed by atoms with Gasteiger partial charge in [-0.15, -0.1) is 0 Å². The van der Waals surface area contributed by atoms with Crippen LogP contribution < -0.4 is 14.8 Å². The highest BCUT2D eigenvalue weighted by Gasteiger charge is 2.34. The topological polar surface area (TPSA) is 81.9 Å². The third-order valence-electron chi connectivity index (χ3n) is 6.00. The lowest BCUT2D eigenvalue weighted by Crippen LogP contribution is -2.46. The van der Waals surface area contributed by atoms with Crippen molar-refractivity contribution in [3.63, 3.8) is 0 Å². The summed E-state index contributed by atoms with van der Waals surface area (Å²) in [6.07, 6.45) is 0.822. The zero-order chi connectivity index (χ0) is 24.9. The van der Waals surface area contributed by atoms with Gasteiger partial charge in [-0.2, -0.15) is 4.98 Å². The molecule has 0 fully saturated rings. The Balaban J connectivity index is 1.80. The molecule has 1 unspecified atom stereocenters. The van der Waals surface area contributed by atoms with Crippen LogP contribution in [-0.2, 0) is 4.74 Å². The molecule has 0 aliphatic carbocycles. The molecule has 3 aromatic rings. The Morgan fingerprint density at radius 1 is 1.06 bits per heavy atom. The van der Waals surface area contributed by atoms with Crippen molar-refractivity contribution in [2.45, 2.75) is 26.3 Å². The van der Waals surface area contributed by atoms with E-state index >= 15 is 0 Å². The second-order valence-corrected chi connectivity index (χ2v) is 8.67. The molecule has 0 saturated heterocycles. The summed E-state index contributed by atoms with van der Waals surface area (Å²) in [6.45, 7) is 5.40. The lowest BCUT2D eigenvalue weighted by Gasteiger charge is -2.37. The number of hydrogen-bond acceptors (Lipinski definition) is 7. The third kappa shape index (κ3) is 5.16. The van der Waals surface area contributed by atoms with Gasteiger partial charge < -0.3 is 29.0 Å². The van der Waals surface area contributed by atoms with Crippen molar-refractivity contribution in [3.05, 3.63) is 65.2 Å². The summed E-state index contributed by atoms with van der Waals surface area (Å²) >= 11 is 5.76. The second kappa shape index (κ2) is 10.9. The van der Waals surface area contributed by atoms with Gasteiger partial charge in [0.05, 0.1) is 25.8 Å². The van der Waals surface area contributed by atoms with Crippen molar-refractivity contribution < 1.29 is 18.7 Å². The number of allylic oxidation sites excluding steroid dienone is 1. The van der Waals surface area contributed by atoms with Crippen LogP contribution in [0.4, 0.5) is 0 Å². The first kappa shape index (κ1) is 24.7. The lowest BCUT2D eigenvalue weighted by atomic mass is 9.94. The van der Waals surface area contributed by atoms with Gasteiger partial charge in [0.25, 0.3) is 5.89 Å². The third-order valence-corrected chi connectivity index (χ3v) is 6.34. The summed E-state index contributed by atoms with van der Waals surface area (Å²) in [5, 5.41) is 8.38. The van der Waals surface area contributed by atoms with E-state index in [1.807, 2.05) is 56.3 Å². The number of benzene rings is 2. The molecule has 2 aromatic carbocycles. The van der Waals surface area contributed by atoms with E-state index < -0.39 is 0 Å². The van der Waals surface area contributed by atoms with Gasteiger partial charge in [0.15, 0.2) is 16.6 Å². The summed E-state index contributed by atoms with van der Waals surface area (Å²) in [4.78, 5) is 6.83. The first-order valence-corrected chi connectivity index (χ1v) is 11.8. The molecule has 0 bridgehead atoms. The Morgan fingerprint density at radius 2 is 1.86 bits per heavy atom. The summed E-state index contributed by atoms with van der Waals surface area (Å²) < 4.78 is 22.0. The minimum absolute atomic E-state index is 0.313. The summed E-state index contributed by atoms with van der Waals surface area (Å²) in [5.41, 5.74) is 4.77. The number of ether oxygens (including phenoxy) is 3. The minimum Gasteiger partial charge on any atom is -0.493 e. The van der Waals surface area contributed by atoms with Crippen LogP contribution in [-0.4, -0.2) is 54.6 Å². The Bertz CT molecular complexity index is 1240. The van der Waals surface area contributed by atoms with Crippen molar-refractivity contribution >= 4 is 22.9 Å². The Morgan fingerprint density at radius 3 is 2.57 bits per heavy atom. The van der Waals surface area contributed by atoms with Crippen LogP contribution in [0.15, 0.2) is 52.7 Å². The molecule has 4 rings (SSSR count). The summed E-state index contributed by atoms with van der Waals surface area (Å²) in [5.74, 6) is 2.25. The molecule has 2 heterocycles. The molecule has 1 aromatic heterocycles. The zero-order valence-electron chi connectivity index (χ0n) is 20.6. The smallest absolute Gasteiger partial charge is 0.258 e. The summed E-state index contributed by atoms with van der Waals surface area (Å²) in [6, 6.07) is 13.5. The van der Waals surface area contributed by atoms with E-state index in [9.17, 15) is 0 Å². The first-order chi connectivity index (χ1) is 17.0. The first-order valence-electron chi connectivity index (χ1n) is 11.4. The van der Waals surface area contributed by atoms with Gasteiger partial charge >= 0.3 is 0 Å². The molecule has 1 aliphatic rings. The second-order valence-electron chi connectivity index (χ2n) is 8.29.